The topological polar surface area (TPSA) is 43.8 Å². The lowest BCUT2D eigenvalue weighted by Crippen LogP contribution is -2.24. The Balaban J connectivity index is 0.000000406. The Hall–Kier alpha value is -1.20. The molecule has 0 unspecified atom stereocenters. The minimum absolute atomic E-state index is 0.200. The minimum Gasteiger partial charge on any atom is -0.326 e. The highest BCUT2D eigenvalue weighted by molar-refractivity contribution is 9.10. The zero-order valence-corrected chi connectivity index (χ0v) is 18.5. The van der Waals surface area contributed by atoms with Crippen LogP contribution in [0.1, 0.15) is 66.4 Å². The van der Waals surface area contributed by atoms with Crippen LogP contribution in [0.2, 0.25) is 0 Å². The zero-order chi connectivity index (χ0) is 19.9. The Morgan fingerprint density at radius 1 is 1.19 bits per heavy atom. The standard InChI is InChI=1S/C14H17BrFN3.C4H10.C3H6/c1-14(2,3)19-13(9(7-17)8-18-19)11-6-10(16)4-5-12(11)15;1-4(2)3;1-2-3-1/h4-6,8H,7,17H2,1-3H3;4H,1-3H3;1-3H2. The van der Waals surface area contributed by atoms with Gasteiger partial charge >= 0.3 is 0 Å². The Morgan fingerprint density at radius 2 is 1.73 bits per heavy atom. The Morgan fingerprint density at radius 3 is 2.15 bits per heavy atom. The highest BCUT2D eigenvalue weighted by atomic mass is 79.9. The van der Waals surface area contributed by atoms with Gasteiger partial charge in [-0.3, -0.25) is 4.68 Å². The first-order valence-corrected chi connectivity index (χ1v) is 10.1. The van der Waals surface area contributed by atoms with Crippen LogP contribution in [-0.4, -0.2) is 9.78 Å². The fourth-order valence-corrected chi connectivity index (χ4v) is 2.44. The predicted molar refractivity (Wildman–Crippen MR) is 113 cm³/mol. The van der Waals surface area contributed by atoms with Crippen LogP contribution in [0.4, 0.5) is 4.39 Å². The molecular weight excluding hydrogens is 393 g/mol. The molecular formula is C21H33BrFN3. The Bertz CT molecular complexity index is 680. The third kappa shape index (κ3) is 7.58. The van der Waals surface area contributed by atoms with Gasteiger partial charge < -0.3 is 5.73 Å². The molecule has 0 bridgehead atoms. The fourth-order valence-electron chi connectivity index (χ4n) is 2.01. The molecule has 0 radical (unpaired) electrons. The van der Waals surface area contributed by atoms with E-state index in [2.05, 4.69) is 62.6 Å². The third-order valence-electron chi connectivity index (χ3n) is 3.24. The average molecular weight is 426 g/mol. The van der Waals surface area contributed by atoms with Gasteiger partial charge in [0.05, 0.1) is 17.4 Å². The highest BCUT2D eigenvalue weighted by Crippen LogP contribution is 2.34. The summed E-state index contributed by atoms with van der Waals surface area (Å²) in [4.78, 5) is 0. The molecule has 2 N–H and O–H groups in total. The highest BCUT2D eigenvalue weighted by Gasteiger charge is 2.23. The molecule has 1 aliphatic rings. The normalized spacial score (nSPS) is 12.8. The van der Waals surface area contributed by atoms with E-state index in [4.69, 9.17) is 5.73 Å². The molecule has 3 rings (SSSR count). The van der Waals surface area contributed by atoms with Crippen molar-refractivity contribution in [3.05, 3.63) is 40.2 Å². The first-order chi connectivity index (χ1) is 12.1. The summed E-state index contributed by atoms with van der Waals surface area (Å²) >= 11 is 3.47. The molecule has 0 atom stereocenters. The van der Waals surface area contributed by atoms with Gasteiger partial charge in [-0.2, -0.15) is 5.10 Å². The van der Waals surface area contributed by atoms with E-state index in [1.165, 1.54) is 31.4 Å². The summed E-state index contributed by atoms with van der Waals surface area (Å²) in [7, 11) is 0. The molecule has 5 heteroatoms. The van der Waals surface area contributed by atoms with Crippen LogP contribution in [0.5, 0.6) is 0 Å². The van der Waals surface area contributed by atoms with Crippen molar-refractivity contribution in [3.63, 3.8) is 0 Å². The first kappa shape index (κ1) is 22.8. The van der Waals surface area contributed by atoms with Crippen LogP contribution < -0.4 is 5.73 Å². The second kappa shape index (κ2) is 10.2. The number of rotatable bonds is 2. The summed E-state index contributed by atoms with van der Waals surface area (Å²) < 4.78 is 16.2. The molecule has 146 valence electrons. The predicted octanol–water partition coefficient (Wildman–Crippen LogP) is 6.50. The van der Waals surface area contributed by atoms with Crippen molar-refractivity contribution in [3.8, 4) is 11.3 Å². The summed E-state index contributed by atoms with van der Waals surface area (Å²) in [6.45, 7) is 13.0. The number of benzene rings is 1. The van der Waals surface area contributed by atoms with Crippen molar-refractivity contribution in [1.29, 1.82) is 0 Å². The monoisotopic (exact) mass is 425 g/mol. The van der Waals surface area contributed by atoms with Crippen LogP contribution >= 0.6 is 15.9 Å². The van der Waals surface area contributed by atoms with E-state index in [0.29, 0.717) is 6.54 Å². The van der Waals surface area contributed by atoms with Crippen molar-refractivity contribution in [1.82, 2.24) is 9.78 Å². The van der Waals surface area contributed by atoms with Gasteiger partial charge in [0.25, 0.3) is 0 Å². The maximum atomic E-state index is 13.5. The molecule has 26 heavy (non-hydrogen) atoms. The summed E-state index contributed by atoms with van der Waals surface area (Å²) in [5.74, 6) is 0.558. The maximum Gasteiger partial charge on any atom is 0.123 e. The average Bonchev–Trinajstić information content (AvgIpc) is 3.33. The van der Waals surface area contributed by atoms with Crippen LogP contribution in [0.15, 0.2) is 28.9 Å². The van der Waals surface area contributed by atoms with Gasteiger partial charge in [-0.05, 0) is 44.9 Å². The molecule has 0 aliphatic heterocycles. The minimum atomic E-state index is -0.275. The van der Waals surface area contributed by atoms with Crippen LogP contribution in [0.25, 0.3) is 11.3 Å². The smallest absolute Gasteiger partial charge is 0.123 e. The zero-order valence-electron chi connectivity index (χ0n) is 16.9. The molecule has 1 fully saturated rings. The molecule has 1 aliphatic carbocycles. The number of hydrogen-bond acceptors (Lipinski definition) is 2. The summed E-state index contributed by atoms with van der Waals surface area (Å²) in [5, 5.41) is 4.40. The van der Waals surface area contributed by atoms with E-state index in [-0.39, 0.29) is 11.4 Å². The number of halogens is 2. The van der Waals surface area contributed by atoms with E-state index in [0.717, 1.165) is 27.2 Å². The number of nitrogens with zero attached hydrogens (tertiary/aromatic N) is 2. The molecule has 0 saturated heterocycles. The van der Waals surface area contributed by atoms with Gasteiger partial charge in [0, 0.05) is 22.1 Å². The van der Waals surface area contributed by atoms with Gasteiger partial charge in [-0.1, -0.05) is 56.0 Å². The van der Waals surface area contributed by atoms with Gasteiger partial charge in [-0.25, -0.2) is 4.39 Å². The lowest BCUT2D eigenvalue weighted by atomic mass is 10.0. The molecule has 1 saturated carbocycles. The van der Waals surface area contributed by atoms with E-state index in [9.17, 15) is 4.39 Å². The largest absolute Gasteiger partial charge is 0.326 e. The molecule has 2 aromatic rings. The van der Waals surface area contributed by atoms with Crippen LogP contribution in [-0.2, 0) is 12.1 Å². The molecule has 1 aromatic carbocycles. The van der Waals surface area contributed by atoms with Crippen molar-refractivity contribution < 1.29 is 4.39 Å². The van der Waals surface area contributed by atoms with Crippen molar-refractivity contribution in [2.75, 3.05) is 0 Å². The van der Waals surface area contributed by atoms with Crippen LogP contribution in [0, 0.1) is 11.7 Å². The molecule has 3 nitrogen and oxygen atoms in total. The van der Waals surface area contributed by atoms with Gasteiger partial charge in [0.15, 0.2) is 0 Å². The summed E-state index contributed by atoms with van der Waals surface area (Å²) in [6.07, 6.45) is 6.25. The van der Waals surface area contributed by atoms with E-state index in [1.54, 1.807) is 12.3 Å². The lowest BCUT2D eigenvalue weighted by Gasteiger charge is -2.23. The number of hydrogen-bond donors (Lipinski definition) is 1. The van der Waals surface area contributed by atoms with Crippen LogP contribution in [0.3, 0.4) is 0 Å². The van der Waals surface area contributed by atoms with E-state index in [1.807, 2.05) is 4.68 Å². The SMILES string of the molecule is C1CC1.CC(C)(C)n1ncc(CN)c1-c1cc(F)ccc1Br.CC(C)C. The second-order valence-corrected chi connectivity index (χ2v) is 9.08. The molecule has 1 aromatic heterocycles. The lowest BCUT2D eigenvalue weighted by molar-refractivity contribution is 0.360. The van der Waals surface area contributed by atoms with E-state index >= 15 is 0 Å². The fraction of sp³-hybridized carbons (Fsp3) is 0.571. The molecule has 1 heterocycles. The number of nitrogens with two attached hydrogens (primary N) is 1. The van der Waals surface area contributed by atoms with Gasteiger partial charge in [-0.15, -0.1) is 0 Å². The Labute approximate surface area is 166 Å². The van der Waals surface area contributed by atoms with Crippen molar-refractivity contribution in [2.45, 2.75) is 72.9 Å². The maximum absolute atomic E-state index is 13.5. The Kier molecular flexibility index (Phi) is 8.97. The second-order valence-electron chi connectivity index (χ2n) is 8.22. The van der Waals surface area contributed by atoms with E-state index < -0.39 is 0 Å². The third-order valence-corrected chi connectivity index (χ3v) is 3.93. The summed E-state index contributed by atoms with van der Waals surface area (Å²) in [5.41, 5.74) is 8.11. The quantitative estimate of drug-likeness (QED) is 0.596. The van der Waals surface area contributed by atoms with Crippen molar-refractivity contribution >= 4 is 15.9 Å². The molecule has 0 amide bonds. The van der Waals surface area contributed by atoms with Gasteiger partial charge in [0.1, 0.15) is 5.82 Å². The first-order valence-electron chi connectivity index (χ1n) is 9.30. The summed E-state index contributed by atoms with van der Waals surface area (Å²) in [6, 6.07) is 4.63. The van der Waals surface area contributed by atoms with Gasteiger partial charge in [0.2, 0.25) is 0 Å². The number of aromatic nitrogens is 2. The van der Waals surface area contributed by atoms with Crippen molar-refractivity contribution in [2.24, 2.45) is 11.7 Å². The molecule has 0 spiro atoms.